The highest BCUT2D eigenvalue weighted by molar-refractivity contribution is 5.90. The minimum atomic E-state index is -4.75. The minimum absolute atomic E-state index is 0.179. The molecule has 4 rings (SSSR count). The van der Waals surface area contributed by atoms with Gasteiger partial charge in [-0.2, -0.15) is 0 Å². The maximum absolute atomic E-state index is 12.8. The zero-order chi connectivity index (χ0) is 23.4. The van der Waals surface area contributed by atoms with Crippen LogP contribution in [0.15, 0.2) is 71.8 Å². The molecule has 0 radical (unpaired) electrons. The van der Waals surface area contributed by atoms with Gasteiger partial charge in [0.2, 0.25) is 0 Å². The first-order chi connectivity index (χ1) is 15.8. The molecular formula is C23H19F3N4O3. The van der Waals surface area contributed by atoms with Gasteiger partial charge in [0.15, 0.2) is 5.65 Å². The maximum atomic E-state index is 12.8. The molecule has 2 aromatic carbocycles. The quantitative estimate of drug-likeness (QED) is 0.448. The van der Waals surface area contributed by atoms with E-state index in [1.54, 1.807) is 6.92 Å². The van der Waals surface area contributed by atoms with Gasteiger partial charge in [-0.1, -0.05) is 42.5 Å². The lowest BCUT2D eigenvalue weighted by molar-refractivity contribution is -0.274. The molecule has 0 bridgehead atoms. The Bertz CT molecular complexity index is 1310. The summed E-state index contributed by atoms with van der Waals surface area (Å²) in [6.45, 7) is 2.21. The van der Waals surface area contributed by atoms with Crippen LogP contribution >= 0.6 is 0 Å². The highest BCUT2D eigenvalue weighted by Crippen LogP contribution is 2.25. The summed E-state index contributed by atoms with van der Waals surface area (Å²) < 4.78 is 42.0. The summed E-state index contributed by atoms with van der Waals surface area (Å²) >= 11 is 0. The number of hydrogen-bond donors (Lipinski definition) is 1. The molecule has 0 atom stereocenters. The molecule has 0 aliphatic heterocycles. The van der Waals surface area contributed by atoms with E-state index in [1.807, 2.05) is 30.3 Å². The smallest absolute Gasteiger partial charge is 0.406 e. The van der Waals surface area contributed by atoms with Crippen LogP contribution in [0.3, 0.4) is 0 Å². The fourth-order valence-corrected chi connectivity index (χ4v) is 3.27. The molecule has 170 valence electrons. The molecule has 0 spiro atoms. The SMILES string of the molecule is Cc1ncnc2c1c(NCc1ccc(OC(F)(F)F)cc1)cc(=O)n2OCc1ccccc1. The summed E-state index contributed by atoms with van der Waals surface area (Å²) in [5.74, 6) is -0.306. The predicted molar refractivity (Wildman–Crippen MR) is 116 cm³/mol. The highest BCUT2D eigenvalue weighted by atomic mass is 19.4. The van der Waals surface area contributed by atoms with Crippen molar-refractivity contribution in [1.82, 2.24) is 14.7 Å². The number of ether oxygens (including phenoxy) is 1. The number of alkyl halides is 3. The fourth-order valence-electron chi connectivity index (χ4n) is 3.27. The van der Waals surface area contributed by atoms with Gasteiger partial charge < -0.3 is 14.9 Å². The molecule has 0 fully saturated rings. The predicted octanol–water partition coefficient (Wildman–Crippen LogP) is 4.24. The third-order valence-electron chi connectivity index (χ3n) is 4.79. The second-order valence-corrected chi connectivity index (χ2v) is 7.15. The molecule has 0 saturated heterocycles. The number of aryl methyl sites for hydroxylation is 1. The summed E-state index contributed by atoms with van der Waals surface area (Å²) in [6.07, 6.45) is -3.40. The van der Waals surface area contributed by atoms with Gasteiger partial charge in [-0.05, 0) is 30.2 Å². The number of aromatic nitrogens is 3. The van der Waals surface area contributed by atoms with Crippen LogP contribution in [0.2, 0.25) is 0 Å². The molecule has 33 heavy (non-hydrogen) atoms. The van der Waals surface area contributed by atoms with E-state index >= 15 is 0 Å². The molecule has 0 aliphatic carbocycles. The van der Waals surface area contributed by atoms with E-state index in [4.69, 9.17) is 4.84 Å². The van der Waals surface area contributed by atoms with Crippen molar-refractivity contribution in [3.63, 3.8) is 0 Å². The number of rotatable bonds is 7. The van der Waals surface area contributed by atoms with Gasteiger partial charge in [-0.25, -0.2) is 9.97 Å². The fraction of sp³-hybridized carbons (Fsp3) is 0.174. The first-order valence-electron chi connectivity index (χ1n) is 9.93. The molecule has 7 nitrogen and oxygen atoms in total. The Hall–Kier alpha value is -4.08. The molecule has 10 heteroatoms. The van der Waals surface area contributed by atoms with E-state index in [0.29, 0.717) is 28.0 Å². The van der Waals surface area contributed by atoms with Crippen molar-refractivity contribution in [1.29, 1.82) is 0 Å². The Balaban J connectivity index is 1.58. The van der Waals surface area contributed by atoms with Gasteiger partial charge in [-0.15, -0.1) is 17.9 Å². The average Bonchev–Trinajstić information content (AvgIpc) is 2.77. The van der Waals surface area contributed by atoms with Gasteiger partial charge in [0, 0.05) is 12.6 Å². The Morgan fingerprint density at radius 3 is 2.42 bits per heavy atom. The van der Waals surface area contributed by atoms with Crippen molar-refractivity contribution in [3.8, 4) is 5.75 Å². The number of nitrogens with one attached hydrogen (secondary N) is 1. The normalized spacial score (nSPS) is 11.4. The number of fused-ring (bicyclic) bond motifs is 1. The Morgan fingerprint density at radius 1 is 1.00 bits per heavy atom. The molecular weight excluding hydrogens is 437 g/mol. The second-order valence-electron chi connectivity index (χ2n) is 7.15. The van der Waals surface area contributed by atoms with Crippen LogP contribution in [0.4, 0.5) is 18.9 Å². The van der Waals surface area contributed by atoms with Crippen LogP contribution in [-0.2, 0) is 13.2 Å². The number of nitrogens with zero attached hydrogens (tertiary/aromatic N) is 3. The van der Waals surface area contributed by atoms with Crippen LogP contribution in [0.5, 0.6) is 5.75 Å². The maximum Gasteiger partial charge on any atom is 0.573 e. The molecule has 2 heterocycles. The summed E-state index contributed by atoms with van der Waals surface area (Å²) in [4.78, 5) is 27.0. The lowest BCUT2D eigenvalue weighted by Crippen LogP contribution is -2.28. The lowest BCUT2D eigenvalue weighted by atomic mass is 10.2. The van der Waals surface area contributed by atoms with Crippen LogP contribution in [0.1, 0.15) is 16.8 Å². The molecule has 0 unspecified atom stereocenters. The third kappa shape index (κ3) is 5.40. The Kier molecular flexibility index (Phi) is 6.16. The number of hydrogen-bond acceptors (Lipinski definition) is 6. The minimum Gasteiger partial charge on any atom is -0.406 e. The zero-order valence-electron chi connectivity index (χ0n) is 17.5. The van der Waals surface area contributed by atoms with E-state index in [0.717, 1.165) is 10.3 Å². The molecule has 4 aromatic rings. The van der Waals surface area contributed by atoms with Gasteiger partial charge in [0.25, 0.3) is 5.56 Å². The van der Waals surface area contributed by atoms with Crippen molar-refractivity contribution in [3.05, 3.63) is 94.2 Å². The molecule has 2 aromatic heterocycles. The standard InChI is InChI=1S/C23H19F3N4O3/c1-15-21-19(27-12-16-7-9-18(10-8-16)33-23(24,25)26)11-20(31)30(22(21)29-14-28-15)32-13-17-5-3-2-4-6-17/h2-11,14,27H,12-13H2,1H3. The third-order valence-corrected chi connectivity index (χ3v) is 4.79. The summed E-state index contributed by atoms with van der Waals surface area (Å²) in [5.41, 5.74) is 2.59. The average molecular weight is 456 g/mol. The number of halogens is 3. The largest absolute Gasteiger partial charge is 0.573 e. The molecule has 1 N–H and O–H groups in total. The lowest BCUT2D eigenvalue weighted by Gasteiger charge is -2.15. The van der Waals surface area contributed by atoms with Crippen molar-refractivity contribution < 1.29 is 22.7 Å². The number of benzene rings is 2. The van der Waals surface area contributed by atoms with Crippen molar-refractivity contribution in [2.45, 2.75) is 26.4 Å². The summed E-state index contributed by atoms with van der Waals surface area (Å²) in [6, 6.07) is 16.3. The van der Waals surface area contributed by atoms with Gasteiger partial charge >= 0.3 is 6.36 Å². The number of pyridine rings is 1. The zero-order valence-corrected chi connectivity index (χ0v) is 17.5. The van der Waals surface area contributed by atoms with E-state index in [-0.39, 0.29) is 18.9 Å². The molecule has 0 aliphatic rings. The van der Waals surface area contributed by atoms with Crippen LogP contribution < -0.4 is 20.5 Å². The monoisotopic (exact) mass is 456 g/mol. The first-order valence-corrected chi connectivity index (χ1v) is 9.93. The van der Waals surface area contributed by atoms with E-state index in [1.165, 1.54) is 36.7 Å². The Labute approximate surface area is 186 Å². The molecule has 0 saturated carbocycles. The van der Waals surface area contributed by atoms with Crippen LogP contribution in [-0.4, -0.2) is 21.1 Å². The van der Waals surface area contributed by atoms with Crippen molar-refractivity contribution in [2.24, 2.45) is 0 Å². The molecule has 0 amide bonds. The van der Waals surface area contributed by atoms with Gasteiger partial charge in [0.05, 0.1) is 16.8 Å². The summed E-state index contributed by atoms with van der Waals surface area (Å²) in [7, 11) is 0. The summed E-state index contributed by atoms with van der Waals surface area (Å²) in [5, 5.41) is 3.74. The van der Waals surface area contributed by atoms with Crippen LogP contribution in [0, 0.1) is 6.92 Å². The van der Waals surface area contributed by atoms with E-state index in [9.17, 15) is 18.0 Å². The van der Waals surface area contributed by atoms with Gasteiger partial charge in [0.1, 0.15) is 18.7 Å². The second kappa shape index (κ2) is 9.19. The van der Waals surface area contributed by atoms with E-state index in [2.05, 4.69) is 20.0 Å². The van der Waals surface area contributed by atoms with Gasteiger partial charge in [-0.3, -0.25) is 4.79 Å². The van der Waals surface area contributed by atoms with Crippen LogP contribution in [0.25, 0.3) is 11.0 Å². The van der Waals surface area contributed by atoms with Crippen molar-refractivity contribution >= 4 is 16.7 Å². The number of anilines is 1. The topological polar surface area (TPSA) is 78.3 Å². The van der Waals surface area contributed by atoms with E-state index < -0.39 is 11.9 Å². The Morgan fingerprint density at radius 2 is 1.73 bits per heavy atom. The van der Waals surface area contributed by atoms with Crippen molar-refractivity contribution in [2.75, 3.05) is 5.32 Å². The first kappa shape index (κ1) is 22.1. The highest BCUT2D eigenvalue weighted by Gasteiger charge is 2.30.